The van der Waals surface area contributed by atoms with E-state index < -0.39 is 0 Å². The maximum atomic E-state index is 5.60. The van der Waals surface area contributed by atoms with Crippen molar-refractivity contribution in [2.24, 2.45) is 0 Å². The van der Waals surface area contributed by atoms with Gasteiger partial charge in [0.15, 0.2) is 0 Å². The lowest BCUT2D eigenvalue weighted by Crippen LogP contribution is -2.40. The molecule has 0 aromatic heterocycles. The minimum atomic E-state index is 0.466. The van der Waals surface area contributed by atoms with Gasteiger partial charge in [-0.15, -0.1) is 0 Å². The van der Waals surface area contributed by atoms with E-state index in [1.807, 2.05) is 7.11 Å². The summed E-state index contributed by atoms with van der Waals surface area (Å²) >= 11 is 0. The fourth-order valence-corrected chi connectivity index (χ4v) is 2.65. The zero-order chi connectivity index (χ0) is 10.5. The van der Waals surface area contributed by atoms with Crippen LogP contribution in [-0.2, 0) is 9.47 Å². The van der Waals surface area contributed by atoms with Gasteiger partial charge in [-0.25, -0.2) is 0 Å². The number of rotatable bonds is 4. The third-order valence-corrected chi connectivity index (χ3v) is 3.62. The van der Waals surface area contributed by atoms with E-state index in [1.54, 1.807) is 0 Å². The average Bonchev–Trinajstić information content (AvgIpc) is 2.79. The van der Waals surface area contributed by atoms with Gasteiger partial charge in [-0.3, -0.25) is 0 Å². The molecule has 0 aromatic rings. The van der Waals surface area contributed by atoms with Crippen LogP contribution < -0.4 is 5.32 Å². The molecule has 1 heterocycles. The molecule has 3 atom stereocenters. The molecule has 2 rings (SSSR count). The van der Waals surface area contributed by atoms with Crippen LogP contribution in [0.3, 0.4) is 0 Å². The van der Waals surface area contributed by atoms with Crippen LogP contribution in [-0.4, -0.2) is 38.5 Å². The lowest BCUT2D eigenvalue weighted by molar-refractivity contribution is 0.0534. The molecule has 1 aliphatic heterocycles. The van der Waals surface area contributed by atoms with Gasteiger partial charge in [-0.05, 0) is 38.5 Å². The van der Waals surface area contributed by atoms with Crippen molar-refractivity contribution < 1.29 is 9.47 Å². The molecule has 1 saturated heterocycles. The van der Waals surface area contributed by atoms with Gasteiger partial charge in [0.2, 0.25) is 0 Å². The van der Waals surface area contributed by atoms with E-state index in [2.05, 4.69) is 5.32 Å². The van der Waals surface area contributed by atoms with Crippen molar-refractivity contribution in [2.45, 2.75) is 56.8 Å². The standard InChI is InChI=1S/C12H23NO2/c1-14-11-5-2-4-10(8-11)13-9-12-6-3-7-15-12/h10-13H,2-9H2,1H3. The molecule has 88 valence electrons. The molecule has 1 aliphatic carbocycles. The molecule has 2 fully saturated rings. The Balaban J connectivity index is 1.65. The molecule has 1 saturated carbocycles. The third kappa shape index (κ3) is 3.44. The van der Waals surface area contributed by atoms with E-state index in [9.17, 15) is 0 Å². The number of hydrogen-bond donors (Lipinski definition) is 1. The SMILES string of the molecule is COC1CCCC(NCC2CCCO2)C1. The molecule has 0 radical (unpaired) electrons. The molecule has 1 N–H and O–H groups in total. The maximum Gasteiger partial charge on any atom is 0.0700 e. The quantitative estimate of drug-likeness (QED) is 0.771. The normalized spacial score (nSPS) is 37.0. The van der Waals surface area contributed by atoms with Gasteiger partial charge in [0.05, 0.1) is 12.2 Å². The highest BCUT2D eigenvalue weighted by molar-refractivity contribution is 4.80. The third-order valence-electron chi connectivity index (χ3n) is 3.62. The van der Waals surface area contributed by atoms with Crippen molar-refractivity contribution >= 4 is 0 Å². The van der Waals surface area contributed by atoms with Gasteiger partial charge in [0.25, 0.3) is 0 Å². The van der Waals surface area contributed by atoms with E-state index >= 15 is 0 Å². The van der Waals surface area contributed by atoms with E-state index in [0.717, 1.165) is 13.2 Å². The first-order valence-electron chi connectivity index (χ1n) is 6.26. The smallest absolute Gasteiger partial charge is 0.0700 e. The lowest BCUT2D eigenvalue weighted by Gasteiger charge is -2.29. The first-order valence-corrected chi connectivity index (χ1v) is 6.26. The highest BCUT2D eigenvalue weighted by Gasteiger charge is 2.23. The second kappa shape index (κ2) is 5.83. The summed E-state index contributed by atoms with van der Waals surface area (Å²) in [5.41, 5.74) is 0. The first-order chi connectivity index (χ1) is 7.38. The predicted octanol–water partition coefficient (Wildman–Crippen LogP) is 1.71. The second-order valence-corrected chi connectivity index (χ2v) is 4.76. The summed E-state index contributed by atoms with van der Waals surface area (Å²) in [6.07, 6.45) is 8.39. The van der Waals surface area contributed by atoms with Gasteiger partial charge in [0, 0.05) is 26.3 Å². The van der Waals surface area contributed by atoms with Crippen LogP contribution in [0.15, 0.2) is 0 Å². The minimum absolute atomic E-state index is 0.466. The maximum absolute atomic E-state index is 5.60. The Bertz CT molecular complexity index is 180. The molecule has 3 nitrogen and oxygen atoms in total. The van der Waals surface area contributed by atoms with E-state index in [-0.39, 0.29) is 0 Å². The van der Waals surface area contributed by atoms with Gasteiger partial charge in [-0.1, -0.05) is 0 Å². The molecule has 3 unspecified atom stereocenters. The second-order valence-electron chi connectivity index (χ2n) is 4.76. The van der Waals surface area contributed by atoms with Gasteiger partial charge < -0.3 is 14.8 Å². The topological polar surface area (TPSA) is 30.5 Å². The Kier molecular flexibility index (Phi) is 4.42. The first kappa shape index (κ1) is 11.4. The Morgan fingerprint density at radius 2 is 2.20 bits per heavy atom. The van der Waals surface area contributed by atoms with Crippen molar-refractivity contribution in [1.29, 1.82) is 0 Å². The zero-order valence-corrected chi connectivity index (χ0v) is 9.71. The summed E-state index contributed by atoms with van der Waals surface area (Å²) in [5.74, 6) is 0. The molecule has 15 heavy (non-hydrogen) atoms. The van der Waals surface area contributed by atoms with E-state index in [0.29, 0.717) is 18.2 Å². The van der Waals surface area contributed by atoms with Gasteiger partial charge >= 0.3 is 0 Å². The minimum Gasteiger partial charge on any atom is -0.381 e. The fourth-order valence-electron chi connectivity index (χ4n) is 2.65. The van der Waals surface area contributed by atoms with Crippen molar-refractivity contribution in [2.75, 3.05) is 20.3 Å². The summed E-state index contributed by atoms with van der Waals surface area (Å²) in [4.78, 5) is 0. The summed E-state index contributed by atoms with van der Waals surface area (Å²) < 4.78 is 11.0. The van der Waals surface area contributed by atoms with Crippen LogP contribution in [0.4, 0.5) is 0 Å². The van der Waals surface area contributed by atoms with Crippen molar-refractivity contribution in [1.82, 2.24) is 5.32 Å². The lowest BCUT2D eigenvalue weighted by atomic mass is 9.93. The molecule has 3 heteroatoms. The van der Waals surface area contributed by atoms with E-state index in [1.165, 1.54) is 38.5 Å². The summed E-state index contributed by atoms with van der Waals surface area (Å²) in [6.45, 7) is 1.98. The molecule has 0 aromatic carbocycles. The van der Waals surface area contributed by atoms with E-state index in [4.69, 9.17) is 9.47 Å². The Hall–Kier alpha value is -0.120. The fraction of sp³-hybridized carbons (Fsp3) is 1.00. The molecular formula is C12H23NO2. The zero-order valence-electron chi connectivity index (χ0n) is 9.71. The van der Waals surface area contributed by atoms with Crippen LogP contribution in [0.5, 0.6) is 0 Å². The van der Waals surface area contributed by atoms with Crippen molar-refractivity contribution in [3.8, 4) is 0 Å². The molecular weight excluding hydrogens is 190 g/mol. The van der Waals surface area contributed by atoms with Crippen LogP contribution in [0.1, 0.15) is 38.5 Å². The van der Waals surface area contributed by atoms with Crippen LogP contribution in [0.25, 0.3) is 0 Å². The predicted molar refractivity (Wildman–Crippen MR) is 60.0 cm³/mol. The summed E-state index contributed by atoms with van der Waals surface area (Å²) in [6, 6.07) is 0.646. The highest BCUT2D eigenvalue weighted by Crippen LogP contribution is 2.21. The Morgan fingerprint density at radius 3 is 2.93 bits per heavy atom. The van der Waals surface area contributed by atoms with Crippen LogP contribution >= 0.6 is 0 Å². The van der Waals surface area contributed by atoms with Crippen molar-refractivity contribution in [3.05, 3.63) is 0 Å². The molecule has 0 bridgehead atoms. The van der Waals surface area contributed by atoms with Crippen LogP contribution in [0, 0.1) is 0 Å². The van der Waals surface area contributed by atoms with Crippen molar-refractivity contribution in [3.63, 3.8) is 0 Å². The largest absolute Gasteiger partial charge is 0.381 e. The highest BCUT2D eigenvalue weighted by atomic mass is 16.5. The number of hydrogen-bond acceptors (Lipinski definition) is 3. The number of nitrogens with one attached hydrogen (secondary N) is 1. The number of ether oxygens (including phenoxy) is 2. The Labute approximate surface area is 92.5 Å². The van der Waals surface area contributed by atoms with Gasteiger partial charge in [0.1, 0.15) is 0 Å². The van der Waals surface area contributed by atoms with Gasteiger partial charge in [-0.2, -0.15) is 0 Å². The molecule has 0 spiro atoms. The number of methoxy groups -OCH3 is 1. The van der Waals surface area contributed by atoms with Crippen LogP contribution in [0.2, 0.25) is 0 Å². The summed E-state index contributed by atoms with van der Waals surface area (Å²) in [7, 11) is 1.83. The molecule has 2 aliphatic rings. The Morgan fingerprint density at radius 1 is 1.27 bits per heavy atom. The average molecular weight is 213 g/mol. The summed E-state index contributed by atoms with van der Waals surface area (Å²) in [5, 5.41) is 3.62. The monoisotopic (exact) mass is 213 g/mol. The molecule has 0 amide bonds.